The molecule has 0 radical (unpaired) electrons. The fourth-order valence-electron chi connectivity index (χ4n) is 3.32. The second kappa shape index (κ2) is 10.9. The third-order valence-corrected chi connectivity index (χ3v) is 5.86. The van der Waals surface area contributed by atoms with Crippen LogP contribution in [0.2, 0.25) is 0 Å². The first-order chi connectivity index (χ1) is 15.7. The molecule has 166 valence electrons. The molecule has 2 heterocycles. The molecule has 1 aliphatic rings. The van der Waals surface area contributed by atoms with Crippen molar-refractivity contribution in [1.29, 1.82) is 0 Å². The molecule has 8 nitrogen and oxygen atoms in total. The predicted molar refractivity (Wildman–Crippen MR) is 128 cm³/mol. The molecular formula is C23H27N7OS. The molecule has 0 spiro atoms. The Labute approximate surface area is 192 Å². The molecule has 2 aromatic carbocycles. The molecule has 1 aliphatic heterocycles. The number of aromatic nitrogens is 2. The lowest BCUT2D eigenvalue weighted by atomic mass is 10.2. The van der Waals surface area contributed by atoms with Gasteiger partial charge in [-0.3, -0.25) is 0 Å². The van der Waals surface area contributed by atoms with Crippen molar-refractivity contribution in [2.24, 2.45) is 11.6 Å². The summed E-state index contributed by atoms with van der Waals surface area (Å²) < 4.78 is 5.42. The van der Waals surface area contributed by atoms with Crippen LogP contribution in [0.4, 0.5) is 17.3 Å². The maximum Gasteiger partial charge on any atom is 0.228 e. The zero-order valence-electron chi connectivity index (χ0n) is 17.7. The molecule has 0 aliphatic carbocycles. The van der Waals surface area contributed by atoms with Crippen LogP contribution in [0.25, 0.3) is 0 Å². The average Bonchev–Trinajstić information content (AvgIpc) is 2.82. The maximum absolute atomic E-state index is 5.83. The normalized spacial score (nSPS) is 14.0. The number of nitrogens with one attached hydrogen (secondary N) is 1. The van der Waals surface area contributed by atoms with Crippen LogP contribution in [-0.4, -0.2) is 41.3 Å². The van der Waals surface area contributed by atoms with Gasteiger partial charge >= 0.3 is 0 Å². The average molecular weight is 450 g/mol. The van der Waals surface area contributed by atoms with Gasteiger partial charge < -0.3 is 25.7 Å². The molecule has 5 N–H and O–H groups in total. The highest BCUT2D eigenvalue weighted by atomic mass is 32.2. The molecule has 0 amide bonds. The van der Waals surface area contributed by atoms with Crippen LogP contribution in [0.3, 0.4) is 0 Å². The third-order valence-electron chi connectivity index (χ3n) is 4.92. The molecule has 0 bridgehead atoms. The van der Waals surface area contributed by atoms with Crippen molar-refractivity contribution in [3.63, 3.8) is 0 Å². The fourth-order valence-corrected chi connectivity index (χ4v) is 4.10. The van der Waals surface area contributed by atoms with E-state index in [1.807, 2.05) is 30.3 Å². The first-order valence-electron chi connectivity index (χ1n) is 10.4. The SMILES string of the molecule is N/C=C\N(N)Cc1ccc(Sc2ccnc(Nc3ccc(N4CCOCC4)cc3)n2)cc1. The zero-order chi connectivity index (χ0) is 22.2. The fraction of sp³-hybridized carbons (Fsp3) is 0.217. The Morgan fingerprint density at radius 3 is 2.53 bits per heavy atom. The zero-order valence-corrected chi connectivity index (χ0v) is 18.5. The van der Waals surface area contributed by atoms with Crippen molar-refractivity contribution in [3.05, 3.63) is 78.8 Å². The molecule has 3 aromatic rings. The van der Waals surface area contributed by atoms with Crippen LogP contribution in [-0.2, 0) is 11.3 Å². The molecule has 0 unspecified atom stereocenters. The summed E-state index contributed by atoms with van der Waals surface area (Å²) in [5.41, 5.74) is 8.61. The number of benzene rings is 2. The highest BCUT2D eigenvalue weighted by Gasteiger charge is 2.11. The van der Waals surface area contributed by atoms with Crippen molar-refractivity contribution in [2.75, 3.05) is 36.5 Å². The van der Waals surface area contributed by atoms with Gasteiger partial charge in [-0.1, -0.05) is 23.9 Å². The summed E-state index contributed by atoms with van der Waals surface area (Å²) in [6, 6.07) is 18.4. The van der Waals surface area contributed by atoms with Gasteiger partial charge in [0.05, 0.1) is 19.8 Å². The second-order valence-corrected chi connectivity index (χ2v) is 8.34. The Morgan fingerprint density at radius 1 is 1.06 bits per heavy atom. The van der Waals surface area contributed by atoms with Crippen LogP contribution >= 0.6 is 11.8 Å². The van der Waals surface area contributed by atoms with Crippen LogP contribution in [0.15, 0.2) is 83.1 Å². The Morgan fingerprint density at radius 2 is 1.81 bits per heavy atom. The van der Waals surface area contributed by atoms with E-state index in [1.165, 1.54) is 16.9 Å². The quantitative estimate of drug-likeness (QED) is 0.271. The van der Waals surface area contributed by atoms with Gasteiger partial charge in [0.2, 0.25) is 5.95 Å². The summed E-state index contributed by atoms with van der Waals surface area (Å²) in [5, 5.41) is 5.70. The number of anilines is 3. The Bertz CT molecular complexity index is 1020. The summed E-state index contributed by atoms with van der Waals surface area (Å²) in [4.78, 5) is 12.4. The number of morpholine rings is 1. The van der Waals surface area contributed by atoms with Gasteiger partial charge in [0.25, 0.3) is 0 Å². The van der Waals surface area contributed by atoms with Crippen molar-refractivity contribution in [2.45, 2.75) is 16.5 Å². The lowest BCUT2D eigenvalue weighted by Gasteiger charge is -2.28. The topological polar surface area (TPSA) is 106 Å². The monoisotopic (exact) mass is 449 g/mol. The highest BCUT2D eigenvalue weighted by molar-refractivity contribution is 7.99. The van der Waals surface area contributed by atoms with Crippen LogP contribution in [0, 0.1) is 0 Å². The predicted octanol–water partition coefficient (Wildman–Crippen LogP) is 3.31. The summed E-state index contributed by atoms with van der Waals surface area (Å²) in [6.45, 7) is 3.98. The Kier molecular flexibility index (Phi) is 7.44. The summed E-state index contributed by atoms with van der Waals surface area (Å²) in [6.07, 6.45) is 4.82. The van der Waals surface area contributed by atoms with Gasteiger partial charge in [0.15, 0.2) is 0 Å². The van der Waals surface area contributed by atoms with E-state index in [0.29, 0.717) is 12.5 Å². The number of hydrogen-bond donors (Lipinski definition) is 3. The van der Waals surface area contributed by atoms with Crippen molar-refractivity contribution in [1.82, 2.24) is 15.0 Å². The van der Waals surface area contributed by atoms with E-state index in [4.69, 9.17) is 16.3 Å². The van der Waals surface area contributed by atoms with E-state index in [1.54, 1.807) is 24.2 Å². The van der Waals surface area contributed by atoms with Gasteiger partial charge in [0.1, 0.15) is 5.03 Å². The van der Waals surface area contributed by atoms with E-state index in [2.05, 4.69) is 44.5 Å². The minimum atomic E-state index is 0.568. The highest BCUT2D eigenvalue weighted by Crippen LogP contribution is 2.27. The van der Waals surface area contributed by atoms with Gasteiger partial charge in [0, 0.05) is 48.0 Å². The Balaban J connectivity index is 1.36. The van der Waals surface area contributed by atoms with Crippen LogP contribution in [0.1, 0.15) is 5.56 Å². The lowest BCUT2D eigenvalue weighted by molar-refractivity contribution is 0.122. The first-order valence-corrected chi connectivity index (χ1v) is 11.2. The van der Waals surface area contributed by atoms with E-state index < -0.39 is 0 Å². The lowest BCUT2D eigenvalue weighted by Crippen LogP contribution is -2.36. The number of nitrogens with zero attached hydrogens (tertiary/aromatic N) is 4. The van der Waals surface area contributed by atoms with E-state index in [9.17, 15) is 0 Å². The van der Waals surface area contributed by atoms with Gasteiger partial charge in [-0.15, -0.1) is 0 Å². The molecule has 4 rings (SSSR count). The van der Waals surface area contributed by atoms with Gasteiger partial charge in [-0.2, -0.15) is 0 Å². The Hall–Kier alpha value is -3.27. The molecule has 9 heteroatoms. The van der Waals surface area contributed by atoms with Gasteiger partial charge in [-0.25, -0.2) is 15.8 Å². The number of hydrazine groups is 1. The molecule has 1 aromatic heterocycles. The smallest absolute Gasteiger partial charge is 0.228 e. The molecule has 1 saturated heterocycles. The molecule has 0 saturated carbocycles. The minimum absolute atomic E-state index is 0.568. The van der Waals surface area contributed by atoms with Crippen molar-refractivity contribution in [3.8, 4) is 0 Å². The number of nitrogens with two attached hydrogens (primary N) is 2. The summed E-state index contributed by atoms with van der Waals surface area (Å²) >= 11 is 1.58. The number of rotatable bonds is 8. The number of ether oxygens (including phenoxy) is 1. The first kappa shape index (κ1) is 21.9. The number of hydrogen-bond acceptors (Lipinski definition) is 9. The van der Waals surface area contributed by atoms with Gasteiger partial charge in [-0.05, 0) is 48.0 Å². The largest absolute Gasteiger partial charge is 0.403 e. The molecular weight excluding hydrogens is 422 g/mol. The standard InChI is InChI=1S/C23H27N7OS/c24-10-12-30(25)17-18-1-7-21(8-2-18)32-22-9-11-26-23(28-22)27-19-3-5-20(6-4-19)29-13-15-31-16-14-29/h1-12H,13-17,24-25H2,(H,26,27,28)/b12-10-. The molecule has 1 fully saturated rings. The minimum Gasteiger partial charge on any atom is -0.403 e. The van der Waals surface area contributed by atoms with E-state index >= 15 is 0 Å². The van der Waals surface area contributed by atoms with Crippen molar-refractivity contribution < 1.29 is 4.74 Å². The van der Waals surface area contributed by atoms with Crippen LogP contribution < -0.4 is 21.8 Å². The summed E-state index contributed by atoms with van der Waals surface area (Å²) in [7, 11) is 0. The van der Waals surface area contributed by atoms with E-state index in [-0.39, 0.29) is 0 Å². The van der Waals surface area contributed by atoms with E-state index in [0.717, 1.165) is 47.5 Å². The maximum atomic E-state index is 5.83. The molecule has 32 heavy (non-hydrogen) atoms. The third kappa shape index (κ3) is 6.13. The molecule has 0 atom stereocenters. The second-order valence-electron chi connectivity index (χ2n) is 7.25. The van der Waals surface area contributed by atoms with Crippen LogP contribution in [0.5, 0.6) is 0 Å². The van der Waals surface area contributed by atoms with Crippen molar-refractivity contribution >= 4 is 29.1 Å². The summed E-state index contributed by atoms with van der Waals surface area (Å²) in [5.74, 6) is 6.40.